The molecule has 14 heteroatoms. The van der Waals surface area contributed by atoms with Gasteiger partial charge in [0.05, 0.1) is 21.8 Å². The number of phenols is 1. The molecule has 0 saturated carbocycles. The molecule has 0 aliphatic carbocycles. The minimum atomic E-state index is -0.614. The van der Waals surface area contributed by atoms with Crippen LogP contribution in [0.3, 0.4) is 0 Å². The van der Waals surface area contributed by atoms with Gasteiger partial charge in [-0.1, -0.05) is 42.1 Å². The van der Waals surface area contributed by atoms with E-state index in [1.54, 1.807) is 16.7 Å². The monoisotopic (exact) mass is 519 g/mol. The van der Waals surface area contributed by atoms with Gasteiger partial charge in [0.15, 0.2) is 11.0 Å². The molecule has 1 amide bonds. The van der Waals surface area contributed by atoms with Gasteiger partial charge in [-0.2, -0.15) is 5.10 Å². The van der Waals surface area contributed by atoms with Gasteiger partial charge in [-0.25, -0.2) is 5.43 Å². The van der Waals surface area contributed by atoms with Crippen molar-refractivity contribution in [3.8, 4) is 22.8 Å². The number of amides is 1. The highest BCUT2D eigenvalue weighted by Gasteiger charge is 2.19. The zero-order chi connectivity index (χ0) is 26.4. The molecule has 3 aromatic carbocycles. The predicted molar refractivity (Wildman–Crippen MR) is 135 cm³/mol. The number of thioether (sulfide) groups is 1. The fourth-order valence-electron chi connectivity index (χ4n) is 3.21. The van der Waals surface area contributed by atoms with Crippen LogP contribution in [0.1, 0.15) is 5.56 Å². The maximum absolute atomic E-state index is 12.4. The summed E-state index contributed by atoms with van der Waals surface area (Å²) in [6, 6.07) is 18.5. The Bertz CT molecular complexity index is 1510. The van der Waals surface area contributed by atoms with Crippen molar-refractivity contribution in [2.75, 3.05) is 5.75 Å². The first kappa shape index (κ1) is 25.0. The van der Waals surface area contributed by atoms with E-state index in [9.17, 15) is 30.1 Å². The van der Waals surface area contributed by atoms with Crippen LogP contribution in [0.25, 0.3) is 17.1 Å². The molecule has 0 saturated heterocycles. The Morgan fingerprint density at radius 1 is 1.00 bits per heavy atom. The van der Waals surface area contributed by atoms with Crippen molar-refractivity contribution in [2.45, 2.75) is 5.16 Å². The summed E-state index contributed by atoms with van der Waals surface area (Å²) in [7, 11) is 0. The average Bonchev–Trinajstić information content (AvgIpc) is 3.33. The van der Waals surface area contributed by atoms with E-state index in [0.717, 1.165) is 36.2 Å². The average molecular weight is 519 g/mol. The summed E-state index contributed by atoms with van der Waals surface area (Å²) < 4.78 is 1.68. The minimum absolute atomic E-state index is 0.0626. The molecule has 4 aromatic rings. The zero-order valence-electron chi connectivity index (χ0n) is 18.8. The number of carbonyl (C=O) groups is 1. The highest BCUT2D eigenvalue weighted by molar-refractivity contribution is 7.99. The first-order valence-electron chi connectivity index (χ1n) is 10.5. The number of hydrazone groups is 1. The van der Waals surface area contributed by atoms with Crippen LogP contribution < -0.4 is 5.43 Å². The standard InChI is InChI=1S/C23H17N7O6S/c31-20-10-9-19(30(35)36)12-16(20)13-24-25-21(32)14-37-23-27-26-22(28(23)17-6-2-1-3-7-17)15-5-4-8-18(11-15)29(33)34/h1-13,31H,14H2,(H,25,32)/b24-13+. The van der Waals surface area contributed by atoms with E-state index < -0.39 is 15.8 Å². The fourth-order valence-corrected chi connectivity index (χ4v) is 3.96. The number of aromatic hydroxyl groups is 1. The molecular formula is C23H17N7O6S. The lowest BCUT2D eigenvalue weighted by atomic mass is 10.2. The van der Waals surface area contributed by atoms with Crippen LogP contribution in [0, 0.1) is 20.2 Å². The maximum atomic E-state index is 12.4. The van der Waals surface area contributed by atoms with E-state index in [-0.39, 0.29) is 28.4 Å². The smallest absolute Gasteiger partial charge is 0.270 e. The van der Waals surface area contributed by atoms with Crippen molar-refractivity contribution >= 4 is 35.3 Å². The molecule has 1 heterocycles. The van der Waals surface area contributed by atoms with Crippen LogP contribution in [-0.4, -0.2) is 47.6 Å². The number of carbonyl (C=O) groups excluding carboxylic acids is 1. The van der Waals surface area contributed by atoms with Crippen LogP contribution in [0.15, 0.2) is 83.1 Å². The van der Waals surface area contributed by atoms with Crippen molar-refractivity contribution in [2.24, 2.45) is 5.10 Å². The summed E-state index contributed by atoms with van der Waals surface area (Å²) in [6.45, 7) is 0. The van der Waals surface area contributed by atoms with E-state index in [1.165, 1.54) is 12.1 Å². The van der Waals surface area contributed by atoms with Gasteiger partial charge < -0.3 is 5.11 Å². The minimum Gasteiger partial charge on any atom is -0.507 e. The fraction of sp³-hybridized carbons (Fsp3) is 0.0435. The Kier molecular flexibility index (Phi) is 7.49. The number of phenolic OH excluding ortho intramolecular Hbond substituents is 1. The number of nitro benzene ring substituents is 2. The summed E-state index contributed by atoms with van der Waals surface area (Å²) in [4.78, 5) is 33.4. The molecule has 0 unspecified atom stereocenters. The molecule has 2 N–H and O–H groups in total. The van der Waals surface area contributed by atoms with E-state index >= 15 is 0 Å². The van der Waals surface area contributed by atoms with Gasteiger partial charge >= 0.3 is 0 Å². The van der Waals surface area contributed by atoms with Crippen molar-refractivity contribution < 1.29 is 19.7 Å². The van der Waals surface area contributed by atoms with Crippen molar-refractivity contribution in [1.29, 1.82) is 0 Å². The van der Waals surface area contributed by atoms with Gasteiger partial charge in [0.2, 0.25) is 0 Å². The van der Waals surface area contributed by atoms with Crippen molar-refractivity contribution in [3.63, 3.8) is 0 Å². The predicted octanol–water partition coefficient (Wildman–Crippen LogP) is 3.70. The van der Waals surface area contributed by atoms with E-state index in [4.69, 9.17) is 0 Å². The molecule has 186 valence electrons. The van der Waals surface area contributed by atoms with E-state index in [0.29, 0.717) is 22.2 Å². The maximum Gasteiger partial charge on any atom is 0.270 e. The number of para-hydroxylation sites is 1. The molecule has 0 radical (unpaired) electrons. The van der Waals surface area contributed by atoms with Gasteiger partial charge in [-0.15, -0.1) is 10.2 Å². The molecule has 37 heavy (non-hydrogen) atoms. The Morgan fingerprint density at radius 3 is 2.46 bits per heavy atom. The Hall–Kier alpha value is -5.11. The summed E-state index contributed by atoms with van der Waals surface area (Å²) >= 11 is 1.06. The second-order valence-electron chi connectivity index (χ2n) is 7.37. The molecule has 4 rings (SSSR count). The van der Waals surface area contributed by atoms with Crippen LogP contribution in [-0.2, 0) is 4.79 Å². The van der Waals surface area contributed by atoms with Crippen LogP contribution >= 0.6 is 11.8 Å². The lowest BCUT2D eigenvalue weighted by molar-refractivity contribution is -0.385. The summed E-state index contributed by atoms with van der Waals surface area (Å²) in [5.41, 5.74) is 3.19. The number of hydrogen-bond acceptors (Lipinski definition) is 10. The van der Waals surface area contributed by atoms with Crippen LogP contribution in [0.5, 0.6) is 5.75 Å². The number of benzene rings is 3. The van der Waals surface area contributed by atoms with Gasteiger partial charge in [0, 0.05) is 41.1 Å². The normalized spacial score (nSPS) is 10.9. The lowest BCUT2D eigenvalue weighted by Crippen LogP contribution is -2.20. The summed E-state index contributed by atoms with van der Waals surface area (Å²) in [6.07, 6.45) is 1.10. The Morgan fingerprint density at radius 2 is 1.73 bits per heavy atom. The van der Waals surface area contributed by atoms with Gasteiger partial charge in [-0.3, -0.25) is 29.6 Å². The second-order valence-corrected chi connectivity index (χ2v) is 8.31. The van der Waals surface area contributed by atoms with E-state index in [1.807, 2.05) is 30.3 Å². The van der Waals surface area contributed by atoms with Crippen molar-refractivity contribution in [3.05, 3.63) is 98.6 Å². The number of nitrogens with zero attached hydrogens (tertiary/aromatic N) is 6. The number of non-ortho nitro benzene ring substituents is 2. The molecule has 0 spiro atoms. The Labute approximate surface area is 212 Å². The van der Waals surface area contributed by atoms with Crippen LogP contribution in [0.4, 0.5) is 11.4 Å². The molecule has 0 fully saturated rings. The van der Waals surface area contributed by atoms with Crippen LogP contribution in [0.2, 0.25) is 0 Å². The molecule has 0 aliphatic heterocycles. The third-order valence-electron chi connectivity index (χ3n) is 4.91. The zero-order valence-corrected chi connectivity index (χ0v) is 19.6. The third-order valence-corrected chi connectivity index (χ3v) is 5.84. The SMILES string of the molecule is O=C(CSc1nnc(-c2cccc([N+](=O)[O-])c2)n1-c1ccccc1)N/N=C/c1cc([N+](=O)[O-])ccc1O. The first-order chi connectivity index (χ1) is 17.8. The highest BCUT2D eigenvalue weighted by Crippen LogP contribution is 2.29. The molecule has 0 aliphatic rings. The molecule has 0 atom stereocenters. The summed E-state index contributed by atoms with van der Waals surface area (Å²) in [5, 5.41) is 44.4. The second kappa shape index (κ2) is 11.1. The Balaban J connectivity index is 1.52. The molecule has 1 aromatic heterocycles. The molecule has 13 nitrogen and oxygen atoms in total. The quantitative estimate of drug-likeness (QED) is 0.144. The van der Waals surface area contributed by atoms with Crippen molar-refractivity contribution in [1.82, 2.24) is 20.2 Å². The number of nitro groups is 2. The van der Waals surface area contributed by atoms with Gasteiger partial charge in [-0.05, 0) is 18.2 Å². The number of hydrogen-bond donors (Lipinski definition) is 2. The lowest BCUT2D eigenvalue weighted by Gasteiger charge is -2.10. The topological polar surface area (TPSA) is 179 Å². The third kappa shape index (κ3) is 5.94. The van der Waals surface area contributed by atoms with Gasteiger partial charge in [0.25, 0.3) is 17.3 Å². The highest BCUT2D eigenvalue weighted by atomic mass is 32.2. The van der Waals surface area contributed by atoms with E-state index in [2.05, 4.69) is 20.7 Å². The largest absolute Gasteiger partial charge is 0.507 e. The molecular weight excluding hydrogens is 502 g/mol. The van der Waals surface area contributed by atoms with Gasteiger partial charge in [0.1, 0.15) is 5.75 Å². The number of nitrogens with one attached hydrogen (secondary N) is 1. The number of aromatic nitrogens is 3. The number of rotatable bonds is 9. The summed E-state index contributed by atoms with van der Waals surface area (Å²) in [5.74, 6) is -0.497. The molecule has 0 bridgehead atoms. The first-order valence-corrected chi connectivity index (χ1v) is 11.5.